The van der Waals surface area contributed by atoms with Gasteiger partial charge in [-0.1, -0.05) is 30.3 Å². The summed E-state index contributed by atoms with van der Waals surface area (Å²) in [6, 6.07) is 10.5. The molecule has 3 N–H and O–H groups in total. The Morgan fingerprint density at radius 2 is 2.00 bits per heavy atom. The lowest BCUT2D eigenvalue weighted by atomic mass is 10.1. The highest BCUT2D eigenvalue weighted by atomic mass is 35.5. The molecular weight excluding hydrogens is 236 g/mol. The monoisotopic (exact) mass is 256 g/mol. The van der Waals surface area contributed by atoms with Crippen LogP contribution in [0.5, 0.6) is 0 Å². The van der Waals surface area contributed by atoms with Gasteiger partial charge in [0.1, 0.15) is 0 Å². The molecule has 3 nitrogen and oxygen atoms in total. The van der Waals surface area contributed by atoms with Crippen molar-refractivity contribution in [1.82, 2.24) is 5.32 Å². The molecule has 1 aromatic rings. The second-order valence-corrected chi connectivity index (χ2v) is 4.03. The van der Waals surface area contributed by atoms with Crippen molar-refractivity contribution in [3.8, 4) is 0 Å². The van der Waals surface area contributed by atoms with Gasteiger partial charge in [-0.25, -0.2) is 0 Å². The molecule has 0 saturated heterocycles. The molecule has 0 heterocycles. The summed E-state index contributed by atoms with van der Waals surface area (Å²) in [6.45, 7) is 2.44. The second-order valence-electron chi connectivity index (χ2n) is 4.03. The predicted molar refractivity (Wildman–Crippen MR) is 73.3 cm³/mol. The molecule has 1 aromatic carbocycles. The van der Waals surface area contributed by atoms with Crippen LogP contribution in [0.25, 0.3) is 0 Å². The third-order valence-corrected chi connectivity index (χ3v) is 2.49. The van der Waals surface area contributed by atoms with Gasteiger partial charge in [-0.05, 0) is 25.3 Å². The third kappa shape index (κ3) is 6.97. The van der Waals surface area contributed by atoms with E-state index in [0.29, 0.717) is 13.0 Å². The Bertz CT molecular complexity index is 316. The molecule has 0 aliphatic heterocycles. The smallest absolute Gasteiger partial charge is 0.221 e. The van der Waals surface area contributed by atoms with Gasteiger partial charge in [0.25, 0.3) is 0 Å². The summed E-state index contributed by atoms with van der Waals surface area (Å²) >= 11 is 0. The van der Waals surface area contributed by atoms with E-state index in [-0.39, 0.29) is 24.4 Å². The van der Waals surface area contributed by atoms with Gasteiger partial charge in [0.15, 0.2) is 0 Å². The summed E-state index contributed by atoms with van der Waals surface area (Å²) in [4.78, 5) is 11.3. The fraction of sp³-hybridized carbons (Fsp3) is 0.462. The van der Waals surface area contributed by atoms with E-state index in [0.717, 1.165) is 12.8 Å². The Kier molecular flexibility index (Phi) is 8.46. The van der Waals surface area contributed by atoms with Crippen LogP contribution < -0.4 is 11.1 Å². The molecule has 4 heteroatoms. The summed E-state index contributed by atoms with van der Waals surface area (Å²) in [5.41, 5.74) is 6.62. The molecule has 1 atom stereocenters. The largest absolute Gasteiger partial charge is 0.354 e. The van der Waals surface area contributed by atoms with Crippen LogP contribution in [0, 0.1) is 0 Å². The summed E-state index contributed by atoms with van der Waals surface area (Å²) < 4.78 is 0. The highest BCUT2D eigenvalue weighted by Gasteiger charge is 2.06. The summed E-state index contributed by atoms with van der Waals surface area (Å²) in [6.07, 6.45) is 2.36. The van der Waals surface area contributed by atoms with E-state index in [1.54, 1.807) is 0 Å². The van der Waals surface area contributed by atoms with E-state index in [9.17, 15) is 4.79 Å². The van der Waals surface area contributed by atoms with Crippen LogP contribution >= 0.6 is 12.4 Å². The number of hydrogen-bond acceptors (Lipinski definition) is 2. The fourth-order valence-electron chi connectivity index (χ4n) is 1.58. The molecule has 0 fully saturated rings. The quantitative estimate of drug-likeness (QED) is 0.817. The predicted octanol–water partition coefficient (Wildman–Crippen LogP) is 1.89. The molecule has 0 aliphatic carbocycles. The zero-order valence-electron chi connectivity index (χ0n) is 10.2. The molecule has 1 rings (SSSR count). The number of rotatable bonds is 6. The van der Waals surface area contributed by atoms with Crippen LogP contribution in [0.15, 0.2) is 30.3 Å². The zero-order valence-corrected chi connectivity index (χ0v) is 11.0. The zero-order chi connectivity index (χ0) is 11.8. The topological polar surface area (TPSA) is 55.1 Å². The molecule has 0 aromatic heterocycles. The van der Waals surface area contributed by atoms with Gasteiger partial charge >= 0.3 is 0 Å². The average Bonchev–Trinajstić information content (AvgIpc) is 2.28. The van der Waals surface area contributed by atoms with Crippen molar-refractivity contribution in [2.75, 3.05) is 6.54 Å². The van der Waals surface area contributed by atoms with E-state index in [4.69, 9.17) is 5.73 Å². The highest BCUT2D eigenvalue weighted by Crippen LogP contribution is 2.04. The van der Waals surface area contributed by atoms with Crippen molar-refractivity contribution >= 4 is 18.3 Å². The number of carbonyl (C=O) groups excluding carboxylic acids is 1. The number of benzene rings is 1. The summed E-state index contributed by atoms with van der Waals surface area (Å²) in [5, 5.41) is 2.93. The van der Waals surface area contributed by atoms with Gasteiger partial charge in [-0.15, -0.1) is 12.4 Å². The lowest BCUT2D eigenvalue weighted by Crippen LogP contribution is -2.33. The number of nitrogens with two attached hydrogens (primary N) is 1. The lowest BCUT2D eigenvalue weighted by Gasteiger charge is -2.13. The fourth-order valence-corrected chi connectivity index (χ4v) is 1.58. The van der Waals surface area contributed by atoms with E-state index >= 15 is 0 Å². The number of halogens is 1. The Morgan fingerprint density at radius 3 is 2.59 bits per heavy atom. The van der Waals surface area contributed by atoms with Gasteiger partial charge in [0.05, 0.1) is 0 Å². The standard InChI is InChI=1S/C13H20N2O.ClH/c1-11(15-13(16)9-10-14)7-8-12-5-3-2-4-6-12;/h2-6,11H,7-10,14H2,1H3,(H,15,16);1H. The third-order valence-electron chi connectivity index (χ3n) is 2.49. The van der Waals surface area contributed by atoms with Gasteiger partial charge in [0, 0.05) is 19.0 Å². The molecule has 1 amide bonds. The van der Waals surface area contributed by atoms with E-state index in [1.807, 2.05) is 25.1 Å². The molecule has 0 bridgehead atoms. The van der Waals surface area contributed by atoms with Crippen LogP contribution in [0.2, 0.25) is 0 Å². The number of nitrogens with one attached hydrogen (secondary N) is 1. The first-order valence-corrected chi connectivity index (χ1v) is 5.75. The highest BCUT2D eigenvalue weighted by molar-refractivity contribution is 5.85. The number of amides is 1. The van der Waals surface area contributed by atoms with Gasteiger partial charge in [-0.2, -0.15) is 0 Å². The van der Waals surface area contributed by atoms with Crippen LogP contribution in [-0.2, 0) is 11.2 Å². The van der Waals surface area contributed by atoms with Crippen molar-refractivity contribution in [2.24, 2.45) is 5.73 Å². The first kappa shape index (κ1) is 15.9. The molecule has 0 saturated carbocycles. The first-order valence-electron chi connectivity index (χ1n) is 5.75. The molecule has 0 radical (unpaired) electrons. The lowest BCUT2D eigenvalue weighted by molar-refractivity contribution is -0.121. The maximum absolute atomic E-state index is 11.3. The van der Waals surface area contributed by atoms with Gasteiger partial charge in [0.2, 0.25) is 5.91 Å². The van der Waals surface area contributed by atoms with Crippen LogP contribution in [-0.4, -0.2) is 18.5 Å². The number of hydrogen-bond donors (Lipinski definition) is 2. The van der Waals surface area contributed by atoms with Crippen LogP contribution in [0.1, 0.15) is 25.3 Å². The molecule has 0 spiro atoms. The van der Waals surface area contributed by atoms with Crippen LogP contribution in [0.4, 0.5) is 0 Å². The van der Waals surface area contributed by atoms with Crippen LogP contribution in [0.3, 0.4) is 0 Å². The van der Waals surface area contributed by atoms with Crippen molar-refractivity contribution in [2.45, 2.75) is 32.2 Å². The molecular formula is C13H21ClN2O. The normalized spacial score (nSPS) is 11.4. The maximum atomic E-state index is 11.3. The number of aryl methyl sites for hydroxylation is 1. The Morgan fingerprint density at radius 1 is 1.35 bits per heavy atom. The average molecular weight is 257 g/mol. The van der Waals surface area contributed by atoms with E-state index < -0.39 is 0 Å². The van der Waals surface area contributed by atoms with Gasteiger partial charge < -0.3 is 11.1 Å². The SMILES string of the molecule is CC(CCc1ccccc1)NC(=O)CCN.Cl. The Labute approximate surface area is 109 Å². The summed E-state index contributed by atoms with van der Waals surface area (Å²) in [7, 11) is 0. The minimum absolute atomic E-state index is 0. The second kappa shape index (κ2) is 9.02. The molecule has 1 unspecified atom stereocenters. The minimum Gasteiger partial charge on any atom is -0.354 e. The molecule has 96 valence electrons. The molecule has 0 aliphatic rings. The van der Waals surface area contributed by atoms with E-state index in [2.05, 4.69) is 17.4 Å². The maximum Gasteiger partial charge on any atom is 0.221 e. The minimum atomic E-state index is 0. The summed E-state index contributed by atoms with van der Waals surface area (Å²) in [5.74, 6) is 0.0445. The van der Waals surface area contributed by atoms with Gasteiger partial charge in [-0.3, -0.25) is 4.79 Å². The molecule has 17 heavy (non-hydrogen) atoms. The van der Waals surface area contributed by atoms with E-state index in [1.165, 1.54) is 5.56 Å². The number of carbonyl (C=O) groups is 1. The van der Waals surface area contributed by atoms with Crippen molar-refractivity contribution < 1.29 is 4.79 Å². The van der Waals surface area contributed by atoms with Crippen molar-refractivity contribution in [1.29, 1.82) is 0 Å². The first-order chi connectivity index (χ1) is 7.72. The van der Waals surface area contributed by atoms with Crippen molar-refractivity contribution in [3.05, 3.63) is 35.9 Å². The Balaban J connectivity index is 0.00000256. The van der Waals surface area contributed by atoms with Crippen molar-refractivity contribution in [3.63, 3.8) is 0 Å². The Hall–Kier alpha value is -1.06.